The Hall–Kier alpha value is -1.60. The van der Waals surface area contributed by atoms with Crippen LogP contribution in [-0.2, 0) is 11.2 Å². The summed E-state index contributed by atoms with van der Waals surface area (Å²) in [5, 5.41) is 0. The van der Waals surface area contributed by atoms with Gasteiger partial charge in [0.25, 0.3) is 5.92 Å². The smallest absolute Gasteiger partial charge is 0.262 e. The molecule has 0 aromatic heterocycles. The molecule has 1 amide bonds. The van der Waals surface area contributed by atoms with Gasteiger partial charge >= 0.3 is 0 Å². The van der Waals surface area contributed by atoms with E-state index in [1.165, 1.54) is 12.1 Å². The molecule has 7 heteroatoms. The molecule has 2 aliphatic heterocycles. The van der Waals surface area contributed by atoms with Crippen LogP contribution in [0.15, 0.2) is 24.3 Å². The van der Waals surface area contributed by atoms with Gasteiger partial charge in [0, 0.05) is 38.1 Å². The van der Waals surface area contributed by atoms with Gasteiger partial charge in [0.15, 0.2) is 0 Å². The zero-order valence-electron chi connectivity index (χ0n) is 14.6. The van der Waals surface area contributed by atoms with Crippen molar-refractivity contribution in [1.29, 1.82) is 0 Å². The predicted molar refractivity (Wildman–Crippen MR) is 89.1 cm³/mol. The first-order valence-electron chi connectivity index (χ1n) is 8.54. The maximum absolute atomic E-state index is 13.8. The SMILES string of the molecule is CN(C)C[C@@H]1CC(F)(F)CN1C1CN(C(=O)Cc2cccc(F)c2)C1. The van der Waals surface area contributed by atoms with Crippen LogP contribution in [0.25, 0.3) is 0 Å². The molecule has 2 heterocycles. The fourth-order valence-corrected chi connectivity index (χ4v) is 3.74. The third kappa shape index (κ3) is 4.33. The van der Waals surface area contributed by atoms with E-state index >= 15 is 0 Å². The number of alkyl halides is 2. The fourth-order valence-electron chi connectivity index (χ4n) is 3.74. The lowest BCUT2D eigenvalue weighted by Gasteiger charge is -2.46. The molecule has 2 aliphatic rings. The number of rotatable bonds is 5. The van der Waals surface area contributed by atoms with E-state index in [-0.39, 0.29) is 43.2 Å². The highest BCUT2D eigenvalue weighted by molar-refractivity contribution is 5.79. The van der Waals surface area contributed by atoms with Crippen molar-refractivity contribution in [2.75, 3.05) is 40.3 Å². The zero-order valence-corrected chi connectivity index (χ0v) is 14.6. The molecule has 2 saturated heterocycles. The van der Waals surface area contributed by atoms with E-state index in [0.29, 0.717) is 25.2 Å². The molecule has 0 saturated carbocycles. The van der Waals surface area contributed by atoms with Gasteiger partial charge in [-0.05, 0) is 31.8 Å². The first-order valence-corrected chi connectivity index (χ1v) is 8.54. The highest BCUT2D eigenvalue weighted by atomic mass is 19.3. The van der Waals surface area contributed by atoms with Crippen molar-refractivity contribution in [2.45, 2.75) is 30.8 Å². The van der Waals surface area contributed by atoms with Crippen LogP contribution < -0.4 is 0 Å². The molecule has 4 nitrogen and oxygen atoms in total. The van der Waals surface area contributed by atoms with Crippen molar-refractivity contribution >= 4 is 5.91 Å². The number of benzene rings is 1. The van der Waals surface area contributed by atoms with Crippen molar-refractivity contribution in [3.8, 4) is 0 Å². The van der Waals surface area contributed by atoms with E-state index in [1.807, 2.05) is 23.9 Å². The summed E-state index contributed by atoms with van der Waals surface area (Å²) in [4.78, 5) is 17.7. The highest BCUT2D eigenvalue weighted by Gasteiger charge is 2.50. The number of amides is 1. The predicted octanol–water partition coefficient (Wildman–Crippen LogP) is 1.85. The van der Waals surface area contributed by atoms with Gasteiger partial charge in [0.2, 0.25) is 5.91 Å². The van der Waals surface area contributed by atoms with Crippen molar-refractivity contribution in [3.63, 3.8) is 0 Å². The summed E-state index contributed by atoms with van der Waals surface area (Å²) in [7, 11) is 3.76. The lowest BCUT2D eigenvalue weighted by atomic mass is 10.0. The summed E-state index contributed by atoms with van der Waals surface area (Å²) in [6.45, 7) is 1.29. The highest BCUT2D eigenvalue weighted by Crippen LogP contribution is 2.35. The molecular formula is C18H24F3N3O. The van der Waals surface area contributed by atoms with Crippen LogP contribution in [0.3, 0.4) is 0 Å². The number of hydrogen-bond donors (Lipinski definition) is 0. The van der Waals surface area contributed by atoms with Gasteiger partial charge in [-0.15, -0.1) is 0 Å². The Kier molecular flexibility index (Phi) is 5.06. The maximum Gasteiger partial charge on any atom is 0.262 e. The number of carbonyl (C=O) groups excluding carboxylic acids is 1. The van der Waals surface area contributed by atoms with Crippen LogP contribution in [0.1, 0.15) is 12.0 Å². The average Bonchev–Trinajstić information content (AvgIpc) is 2.71. The number of likely N-dealkylation sites (tertiary alicyclic amines) is 2. The summed E-state index contributed by atoms with van der Waals surface area (Å²) in [5.41, 5.74) is 0.631. The topological polar surface area (TPSA) is 26.8 Å². The minimum absolute atomic E-state index is 0.0187. The van der Waals surface area contributed by atoms with Crippen LogP contribution in [0.5, 0.6) is 0 Å². The zero-order chi connectivity index (χ0) is 18.2. The number of carbonyl (C=O) groups is 1. The molecule has 138 valence electrons. The standard InChI is InChI=1S/C18H24F3N3O/c1-22(2)9-15-8-18(20,21)12-24(15)16-10-23(11-16)17(25)7-13-4-3-5-14(19)6-13/h3-6,15-16H,7-12H2,1-2H3/t15-/m0/s1. The van der Waals surface area contributed by atoms with E-state index in [0.717, 1.165) is 0 Å². The monoisotopic (exact) mass is 355 g/mol. The molecule has 0 radical (unpaired) electrons. The number of likely N-dealkylation sites (N-methyl/N-ethyl adjacent to an activating group) is 1. The second-order valence-electron chi connectivity index (χ2n) is 7.41. The molecule has 1 aromatic carbocycles. The van der Waals surface area contributed by atoms with Crippen LogP contribution in [0.4, 0.5) is 13.2 Å². The van der Waals surface area contributed by atoms with Gasteiger partial charge in [0.05, 0.1) is 13.0 Å². The summed E-state index contributed by atoms with van der Waals surface area (Å²) in [6, 6.07) is 5.78. The van der Waals surface area contributed by atoms with E-state index in [2.05, 4.69) is 0 Å². The first-order chi connectivity index (χ1) is 11.7. The largest absolute Gasteiger partial charge is 0.339 e. The molecular weight excluding hydrogens is 331 g/mol. The van der Waals surface area contributed by atoms with E-state index in [4.69, 9.17) is 0 Å². The Morgan fingerprint density at radius 2 is 2.04 bits per heavy atom. The maximum atomic E-state index is 13.8. The molecule has 1 atom stereocenters. The first kappa shape index (κ1) is 18.2. The van der Waals surface area contributed by atoms with Crippen LogP contribution >= 0.6 is 0 Å². The Labute approximate surface area is 146 Å². The molecule has 1 aromatic rings. The molecule has 0 N–H and O–H groups in total. The molecule has 0 bridgehead atoms. The van der Waals surface area contributed by atoms with E-state index in [9.17, 15) is 18.0 Å². The lowest BCUT2D eigenvalue weighted by Crippen LogP contribution is -2.63. The summed E-state index contributed by atoms with van der Waals surface area (Å²) < 4.78 is 40.8. The van der Waals surface area contributed by atoms with Crippen molar-refractivity contribution in [2.24, 2.45) is 0 Å². The van der Waals surface area contributed by atoms with Gasteiger partial charge < -0.3 is 9.80 Å². The van der Waals surface area contributed by atoms with Gasteiger partial charge in [-0.25, -0.2) is 13.2 Å². The number of nitrogens with zero attached hydrogens (tertiary/aromatic N) is 3. The lowest BCUT2D eigenvalue weighted by molar-refractivity contribution is -0.138. The molecule has 3 rings (SSSR count). The van der Waals surface area contributed by atoms with Crippen molar-refractivity contribution in [3.05, 3.63) is 35.6 Å². The molecule has 0 spiro atoms. The van der Waals surface area contributed by atoms with E-state index in [1.54, 1.807) is 17.0 Å². The summed E-state index contributed by atoms with van der Waals surface area (Å²) >= 11 is 0. The van der Waals surface area contributed by atoms with Gasteiger partial charge in [-0.3, -0.25) is 9.69 Å². The molecule has 2 fully saturated rings. The Balaban J connectivity index is 1.55. The fraction of sp³-hybridized carbons (Fsp3) is 0.611. The Morgan fingerprint density at radius 3 is 2.68 bits per heavy atom. The second kappa shape index (κ2) is 6.96. The van der Waals surface area contributed by atoms with Crippen LogP contribution in [0.2, 0.25) is 0 Å². The van der Waals surface area contributed by atoms with Crippen molar-refractivity contribution < 1.29 is 18.0 Å². The van der Waals surface area contributed by atoms with Gasteiger partial charge in [-0.1, -0.05) is 12.1 Å². The molecule has 0 aliphatic carbocycles. The third-order valence-corrected chi connectivity index (χ3v) is 4.92. The van der Waals surface area contributed by atoms with Gasteiger partial charge in [-0.2, -0.15) is 0 Å². The Bertz CT molecular complexity index is 632. The van der Waals surface area contributed by atoms with Crippen molar-refractivity contribution in [1.82, 2.24) is 14.7 Å². The molecule has 25 heavy (non-hydrogen) atoms. The van der Waals surface area contributed by atoms with Crippen LogP contribution in [0, 0.1) is 5.82 Å². The summed E-state index contributed by atoms with van der Waals surface area (Å²) in [5.74, 6) is -3.11. The number of halogens is 3. The third-order valence-electron chi connectivity index (χ3n) is 4.92. The average molecular weight is 355 g/mol. The minimum atomic E-state index is -2.66. The number of hydrogen-bond acceptors (Lipinski definition) is 3. The Morgan fingerprint density at radius 1 is 1.32 bits per heavy atom. The normalized spacial score (nSPS) is 23.9. The quantitative estimate of drug-likeness (QED) is 0.807. The molecule has 0 unspecified atom stereocenters. The van der Waals surface area contributed by atoms with Crippen LogP contribution in [-0.4, -0.2) is 78.9 Å². The van der Waals surface area contributed by atoms with Gasteiger partial charge in [0.1, 0.15) is 5.82 Å². The second-order valence-corrected chi connectivity index (χ2v) is 7.41. The van der Waals surface area contributed by atoms with E-state index < -0.39 is 5.92 Å². The minimum Gasteiger partial charge on any atom is -0.339 e. The summed E-state index contributed by atoms with van der Waals surface area (Å²) in [6.07, 6.45) is 0.0146.